The van der Waals surface area contributed by atoms with E-state index in [0.717, 1.165) is 83.5 Å². The van der Waals surface area contributed by atoms with E-state index in [9.17, 15) is 14.4 Å². The van der Waals surface area contributed by atoms with Gasteiger partial charge in [0.05, 0.1) is 6.42 Å². The number of carbonyl (C=O) groups excluding carboxylic acids is 3. The normalized spacial score (nSPS) is 12.8. The molecule has 1 unspecified atom stereocenters. The van der Waals surface area contributed by atoms with Gasteiger partial charge in [-0.15, -0.1) is 0 Å². The monoisotopic (exact) mass is 973 g/mol. The van der Waals surface area contributed by atoms with Crippen molar-refractivity contribution < 1.29 is 28.6 Å². The van der Waals surface area contributed by atoms with E-state index in [4.69, 9.17) is 14.2 Å². The van der Waals surface area contributed by atoms with Gasteiger partial charge >= 0.3 is 17.9 Å². The van der Waals surface area contributed by atoms with E-state index < -0.39 is 12.1 Å². The molecular weight excluding hydrogens is 865 g/mol. The summed E-state index contributed by atoms with van der Waals surface area (Å²) in [6.45, 7) is 6.42. The van der Waals surface area contributed by atoms with Crippen LogP contribution in [0.4, 0.5) is 0 Å². The molecule has 0 aromatic heterocycles. The SMILES string of the molecule is CC/C=C\C/C=C\C/C=C\C/C=C\C/C=C\CC(=O)OCC(COC(=O)CCCCCCCCCCC/C=C\CCCCCCCC)OC(=O)CCCCCCCCC/C=C\C/C=C\CCCCCC. The second kappa shape index (κ2) is 57.9. The van der Waals surface area contributed by atoms with Crippen molar-refractivity contribution >= 4 is 17.9 Å². The topological polar surface area (TPSA) is 78.9 Å². The highest BCUT2D eigenvalue weighted by Gasteiger charge is 2.19. The van der Waals surface area contributed by atoms with Gasteiger partial charge in [-0.1, -0.05) is 246 Å². The molecule has 0 spiro atoms. The van der Waals surface area contributed by atoms with Crippen LogP contribution in [-0.2, 0) is 28.6 Å². The number of rotatable bonds is 52. The van der Waals surface area contributed by atoms with Gasteiger partial charge in [0.15, 0.2) is 6.10 Å². The first-order chi connectivity index (χ1) is 34.5. The maximum absolute atomic E-state index is 12.9. The molecule has 0 N–H and O–H groups in total. The molecule has 400 valence electrons. The van der Waals surface area contributed by atoms with Gasteiger partial charge in [0.1, 0.15) is 13.2 Å². The highest BCUT2D eigenvalue weighted by Crippen LogP contribution is 2.15. The third kappa shape index (κ3) is 55.3. The predicted octanol–water partition coefficient (Wildman–Crippen LogP) is 19.7. The van der Waals surface area contributed by atoms with Crippen molar-refractivity contribution in [3.63, 3.8) is 0 Å². The standard InChI is InChI=1S/C64H108O6/c1-4-7-10-13-16-19-22-25-28-30-32-34-36-39-42-45-48-51-54-57-63(66)69-60-61(59-68-62(65)56-53-50-47-44-41-38-35-27-24-21-18-15-12-9-6-3)70-64(67)58-55-52-49-46-43-40-37-33-31-29-26-23-20-17-14-11-8-5-2/h9,12,18,20-21,23,25,27-29,31,35,41,44,50,53,61H,4-8,10-11,13-17,19,22,24,26,30,32-34,36-40,42-43,45-49,51-52,54-60H2,1-3H3/b12-9-,21-18-,23-20-,28-25-,31-29-,35-27-,44-41-,53-50-. The van der Waals surface area contributed by atoms with Crippen LogP contribution in [0.1, 0.15) is 271 Å². The van der Waals surface area contributed by atoms with Crippen molar-refractivity contribution in [2.45, 2.75) is 277 Å². The summed E-state index contributed by atoms with van der Waals surface area (Å²) >= 11 is 0. The fourth-order valence-corrected chi connectivity index (χ4v) is 7.95. The number of ether oxygens (including phenoxy) is 3. The molecule has 0 amide bonds. The quantitative estimate of drug-likeness (QED) is 0.0262. The fourth-order valence-electron chi connectivity index (χ4n) is 7.95. The molecule has 0 aliphatic carbocycles. The van der Waals surface area contributed by atoms with Gasteiger partial charge in [0, 0.05) is 12.8 Å². The van der Waals surface area contributed by atoms with E-state index in [1.54, 1.807) is 6.08 Å². The summed E-state index contributed by atoms with van der Waals surface area (Å²) in [4.78, 5) is 38.1. The van der Waals surface area contributed by atoms with Crippen LogP contribution < -0.4 is 0 Å². The smallest absolute Gasteiger partial charge is 0.309 e. The summed E-state index contributed by atoms with van der Waals surface area (Å²) in [5, 5.41) is 0. The molecule has 0 rings (SSSR count). The highest BCUT2D eigenvalue weighted by molar-refractivity contribution is 5.72. The minimum atomic E-state index is -0.824. The van der Waals surface area contributed by atoms with Crippen molar-refractivity contribution in [1.82, 2.24) is 0 Å². The Bertz CT molecular complexity index is 1400. The van der Waals surface area contributed by atoms with E-state index in [1.165, 1.54) is 148 Å². The summed E-state index contributed by atoms with van der Waals surface area (Å²) in [6, 6.07) is 0. The molecule has 0 heterocycles. The van der Waals surface area contributed by atoms with Crippen molar-refractivity contribution in [3.8, 4) is 0 Å². The summed E-state index contributed by atoms with van der Waals surface area (Å²) in [7, 11) is 0. The Kier molecular flexibility index (Phi) is 54.9. The Morgan fingerprint density at radius 2 is 0.614 bits per heavy atom. The molecule has 0 aliphatic heterocycles. The predicted molar refractivity (Wildman–Crippen MR) is 302 cm³/mol. The third-order valence-electron chi connectivity index (χ3n) is 12.3. The zero-order chi connectivity index (χ0) is 50.7. The maximum Gasteiger partial charge on any atom is 0.309 e. The van der Waals surface area contributed by atoms with E-state index in [1.807, 2.05) is 6.08 Å². The Morgan fingerprint density at radius 3 is 1.03 bits per heavy atom. The number of unbranched alkanes of at least 4 members (excludes halogenated alkanes) is 26. The van der Waals surface area contributed by atoms with Gasteiger partial charge in [0.2, 0.25) is 0 Å². The average Bonchev–Trinajstić information content (AvgIpc) is 3.36. The molecule has 0 aliphatic rings. The number of hydrogen-bond donors (Lipinski definition) is 0. The van der Waals surface area contributed by atoms with Crippen LogP contribution in [0.5, 0.6) is 0 Å². The summed E-state index contributed by atoms with van der Waals surface area (Å²) < 4.78 is 16.8. The summed E-state index contributed by atoms with van der Waals surface area (Å²) in [6.07, 6.45) is 77.1. The van der Waals surface area contributed by atoms with Gasteiger partial charge in [-0.3, -0.25) is 14.4 Å². The van der Waals surface area contributed by atoms with E-state index in [-0.39, 0.29) is 31.6 Å². The van der Waals surface area contributed by atoms with Crippen LogP contribution in [0.2, 0.25) is 0 Å². The minimum absolute atomic E-state index is 0.112. The molecule has 0 aromatic carbocycles. The first-order valence-corrected chi connectivity index (χ1v) is 29.2. The maximum atomic E-state index is 12.9. The summed E-state index contributed by atoms with van der Waals surface area (Å²) in [5.74, 6) is -1.05. The number of carbonyl (C=O) groups is 3. The van der Waals surface area contributed by atoms with Crippen LogP contribution in [-0.4, -0.2) is 37.2 Å². The molecule has 6 heteroatoms. The molecule has 0 saturated carbocycles. The Labute approximate surface area is 432 Å². The lowest BCUT2D eigenvalue weighted by Crippen LogP contribution is -2.30. The highest BCUT2D eigenvalue weighted by atomic mass is 16.6. The van der Waals surface area contributed by atoms with Crippen LogP contribution in [0.15, 0.2) is 97.2 Å². The third-order valence-corrected chi connectivity index (χ3v) is 12.3. The van der Waals surface area contributed by atoms with Crippen molar-refractivity contribution in [1.29, 1.82) is 0 Å². The van der Waals surface area contributed by atoms with Crippen molar-refractivity contribution in [2.75, 3.05) is 13.2 Å². The van der Waals surface area contributed by atoms with Crippen molar-refractivity contribution in [3.05, 3.63) is 97.2 Å². The molecule has 0 bridgehead atoms. The second-order valence-corrected chi connectivity index (χ2v) is 19.2. The minimum Gasteiger partial charge on any atom is -0.462 e. The summed E-state index contributed by atoms with van der Waals surface area (Å²) in [5.41, 5.74) is 0. The van der Waals surface area contributed by atoms with Gasteiger partial charge in [-0.05, 0) is 103 Å². The zero-order valence-corrected chi connectivity index (χ0v) is 45.8. The largest absolute Gasteiger partial charge is 0.462 e. The molecule has 0 saturated heterocycles. The van der Waals surface area contributed by atoms with Gasteiger partial charge in [-0.25, -0.2) is 0 Å². The van der Waals surface area contributed by atoms with Crippen LogP contribution in [0.25, 0.3) is 0 Å². The van der Waals surface area contributed by atoms with E-state index >= 15 is 0 Å². The molecule has 0 aromatic rings. The molecule has 0 fully saturated rings. The number of esters is 3. The van der Waals surface area contributed by atoms with Crippen LogP contribution >= 0.6 is 0 Å². The van der Waals surface area contributed by atoms with Crippen molar-refractivity contribution in [2.24, 2.45) is 0 Å². The molecular formula is C64H108O6. The lowest BCUT2D eigenvalue weighted by Gasteiger charge is -2.18. The van der Waals surface area contributed by atoms with Gasteiger partial charge in [-0.2, -0.15) is 0 Å². The first kappa shape index (κ1) is 66.3. The van der Waals surface area contributed by atoms with Crippen LogP contribution in [0, 0.1) is 0 Å². The molecule has 1 atom stereocenters. The lowest BCUT2D eigenvalue weighted by molar-refractivity contribution is -0.166. The van der Waals surface area contributed by atoms with E-state index in [2.05, 4.69) is 106 Å². The van der Waals surface area contributed by atoms with Gasteiger partial charge in [0.25, 0.3) is 0 Å². The zero-order valence-electron chi connectivity index (χ0n) is 45.8. The Hall–Kier alpha value is -3.67. The van der Waals surface area contributed by atoms with E-state index in [0.29, 0.717) is 12.8 Å². The Balaban J connectivity index is 4.48. The first-order valence-electron chi connectivity index (χ1n) is 29.2. The second-order valence-electron chi connectivity index (χ2n) is 19.2. The Morgan fingerprint density at radius 1 is 0.314 bits per heavy atom. The number of allylic oxidation sites excluding steroid dienone is 15. The van der Waals surface area contributed by atoms with Gasteiger partial charge < -0.3 is 14.2 Å². The number of hydrogen-bond acceptors (Lipinski definition) is 6. The average molecular weight is 974 g/mol. The molecule has 70 heavy (non-hydrogen) atoms. The van der Waals surface area contributed by atoms with Crippen LogP contribution in [0.3, 0.4) is 0 Å². The lowest BCUT2D eigenvalue weighted by atomic mass is 10.1. The fraction of sp³-hybridized carbons (Fsp3) is 0.703. The molecule has 0 radical (unpaired) electrons. The molecule has 6 nitrogen and oxygen atoms in total.